The van der Waals surface area contributed by atoms with E-state index < -0.39 is 11.1 Å². The molecule has 15 heavy (non-hydrogen) atoms. The Morgan fingerprint density at radius 2 is 2.07 bits per heavy atom. The average Bonchev–Trinajstić information content (AvgIpc) is 2.18. The monoisotopic (exact) mass is 212 g/mol. The van der Waals surface area contributed by atoms with E-state index in [-0.39, 0.29) is 11.8 Å². The first-order valence-corrected chi connectivity index (χ1v) is 3.95. The van der Waals surface area contributed by atoms with Gasteiger partial charge < -0.3 is 5.11 Å². The van der Waals surface area contributed by atoms with Crippen LogP contribution in [0.4, 0.5) is 4.79 Å². The molecule has 1 aromatic rings. The summed E-state index contributed by atoms with van der Waals surface area (Å²) in [5.74, 6) is 0. The molecule has 0 bridgehead atoms. The molecule has 1 rings (SSSR count). The Bertz CT molecular complexity index is 339. The van der Waals surface area contributed by atoms with E-state index >= 15 is 0 Å². The fourth-order valence-electron chi connectivity index (χ4n) is 0.882. The molecule has 0 aliphatic heterocycles. The molecule has 0 aliphatic rings. The van der Waals surface area contributed by atoms with Crippen LogP contribution in [0, 0.1) is 10.1 Å². The van der Waals surface area contributed by atoms with Crippen LogP contribution < -0.4 is 0 Å². The molecule has 80 valence electrons. The number of nitro groups is 1. The average molecular weight is 212 g/mol. The Morgan fingerprint density at radius 1 is 1.47 bits per heavy atom. The maximum Gasteiger partial charge on any atom is 0.495 e. The lowest BCUT2D eigenvalue weighted by atomic mass is 10.2. The van der Waals surface area contributed by atoms with Crippen LogP contribution in [0.1, 0.15) is 5.56 Å². The van der Waals surface area contributed by atoms with E-state index in [9.17, 15) is 14.9 Å². The molecule has 0 unspecified atom stereocenters. The number of benzene rings is 1. The number of amides is 1. The van der Waals surface area contributed by atoms with Crippen LogP contribution in [0.2, 0.25) is 0 Å². The second-order valence-electron chi connectivity index (χ2n) is 2.55. The van der Waals surface area contributed by atoms with Crippen molar-refractivity contribution in [1.29, 1.82) is 0 Å². The van der Waals surface area contributed by atoms with Gasteiger partial charge in [-0.25, -0.2) is 19.7 Å². The molecule has 7 heteroatoms. The lowest BCUT2D eigenvalue weighted by Crippen LogP contribution is -2.34. The fourth-order valence-corrected chi connectivity index (χ4v) is 0.882. The quantitative estimate of drug-likeness (QED) is 0.599. The molecule has 0 radical (unpaired) electrons. The topological polar surface area (TPSA) is 92.9 Å². The summed E-state index contributed by atoms with van der Waals surface area (Å²) in [5.41, 5.74) is 0.644. The highest BCUT2D eigenvalue weighted by Gasteiger charge is 2.24. The number of hydrazine groups is 1. The van der Waals surface area contributed by atoms with Gasteiger partial charge >= 0.3 is 6.09 Å². The Kier molecular flexibility index (Phi) is 3.58. The van der Waals surface area contributed by atoms with E-state index in [0.717, 1.165) is 0 Å². The molecule has 0 aliphatic carbocycles. The second-order valence-corrected chi connectivity index (χ2v) is 2.55. The predicted octanol–water partition coefficient (Wildman–Crippen LogP) is 1.29. The lowest BCUT2D eigenvalue weighted by molar-refractivity contribution is -0.713. The Labute approximate surface area is 84.6 Å². The Hall–Kier alpha value is -2.15. The molecule has 0 saturated heterocycles. The number of hydrogen-bond acceptors (Lipinski definition) is 4. The van der Waals surface area contributed by atoms with Gasteiger partial charge in [0.2, 0.25) is 0 Å². The van der Waals surface area contributed by atoms with Crippen molar-refractivity contribution >= 4 is 6.09 Å². The van der Waals surface area contributed by atoms with Crippen molar-refractivity contribution in [2.75, 3.05) is 0 Å². The molecule has 0 fully saturated rings. The van der Waals surface area contributed by atoms with E-state index in [0.29, 0.717) is 5.56 Å². The lowest BCUT2D eigenvalue weighted by Gasteiger charge is -2.07. The molecule has 1 amide bonds. The minimum absolute atomic E-state index is 0.173. The van der Waals surface area contributed by atoms with Crippen molar-refractivity contribution in [1.82, 2.24) is 5.17 Å². The summed E-state index contributed by atoms with van der Waals surface area (Å²) in [6.45, 7) is -0.173. The molecule has 0 atom stereocenters. The van der Waals surface area contributed by atoms with Gasteiger partial charge in [-0.05, 0) is 5.56 Å². The zero-order valence-electron chi connectivity index (χ0n) is 7.57. The minimum Gasteiger partial charge on any atom is -0.459 e. The van der Waals surface area contributed by atoms with Crippen LogP contribution in [0.25, 0.3) is 0 Å². The van der Waals surface area contributed by atoms with Crippen molar-refractivity contribution in [2.45, 2.75) is 6.61 Å². The summed E-state index contributed by atoms with van der Waals surface area (Å²) in [5, 5.41) is 17.1. The molecule has 1 N–H and O–H groups in total. The van der Waals surface area contributed by atoms with E-state index in [4.69, 9.17) is 5.11 Å². The molecule has 0 heterocycles. The van der Waals surface area contributed by atoms with Gasteiger partial charge in [0.15, 0.2) is 5.03 Å². The van der Waals surface area contributed by atoms with E-state index in [1.807, 2.05) is 0 Å². The summed E-state index contributed by atoms with van der Waals surface area (Å²) in [7, 11) is 0. The van der Waals surface area contributed by atoms with Crippen molar-refractivity contribution in [2.24, 2.45) is 0 Å². The Balaban J connectivity index is 2.55. The Morgan fingerprint density at radius 3 is 2.53 bits per heavy atom. The zero-order valence-corrected chi connectivity index (χ0v) is 7.57. The summed E-state index contributed by atoms with van der Waals surface area (Å²) in [6.07, 6.45) is -1.77. The summed E-state index contributed by atoms with van der Waals surface area (Å²) < 4.78 is 0. The van der Waals surface area contributed by atoms with Crippen molar-refractivity contribution in [3.05, 3.63) is 46.0 Å². The SMILES string of the molecule is O=C(O)N(OCc1ccccc1)[N+](=O)[O-]. The van der Waals surface area contributed by atoms with Crippen LogP contribution in [0.15, 0.2) is 30.3 Å². The minimum atomic E-state index is -1.77. The smallest absolute Gasteiger partial charge is 0.459 e. The van der Waals surface area contributed by atoms with Crippen molar-refractivity contribution < 1.29 is 19.8 Å². The molecule has 1 aromatic carbocycles. The van der Waals surface area contributed by atoms with Gasteiger partial charge in [0.25, 0.3) is 0 Å². The molecular formula is C8H8N2O5. The van der Waals surface area contributed by atoms with E-state index in [2.05, 4.69) is 4.84 Å². The highest BCUT2D eigenvalue weighted by atomic mass is 16.9. The van der Waals surface area contributed by atoms with Crippen LogP contribution in [-0.4, -0.2) is 21.4 Å². The number of rotatable bonds is 4. The molecular weight excluding hydrogens is 204 g/mol. The summed E-state index contributed by atoms with van der Waals surface area (Å²) in [6, 6.07) is 8.54. The maximum absolute atomic E-state index is 10.3. The van der Waals surface area contributed by atoms with Crippen molar-refractivity contribution in [3.8, 4) is 0 Å². The predicted molar refractivity (Wildman–Crippen MR) is 48.1 cm³/mol. The van der Waals surface area contributed by atoms with Gasteiger partial charge in [0.1, 0.15) is 11.8 Å². The van der Waals surface area contributed by atoms with Gasteiger partial charge in [0.05, 0.1) is 0 Å². The summed E-state index contributed by atoms with van der Waals surface area (Å²) >= 11 is 0. The second kappa shape index (κ2) is 4.91. The third-order valence-corrected chi connectivity index (χ3v) is 1.51. The molecule has 0 aromatic heterocycles. The van der Waals surface area contributed by atoms with Crippen LogP contribution in [0.5, 0.6) is 0 Å². The highest BCUT2D eigenvalue weighted by Crippen LogP contribution is 2.03. The summed E-state index contributed by atoms with van der Waals surface area (Å²) in [4.78, 5) is 25.0. The first-order chi connectivity index (χ1) is 7.11. The third kappa shape index (κ3) is 3.24. The standard InChI is InChI=1S/C8H8N2O5/c11-8(12)9(10(13)14)15-6-7-4-2-1-3-5-7/h1-5H,6H2,(H,11,12). The number of nitrogens with zero attached hydrogens (tertiary/aromatic N) is 2. The van der Waals surface area contributed by atoms with Gasteiger partial charge in [-0.3, -0.25) is 0 Å². The molecule has 0 spiro atoms. The molecule has 0 saturated carbocycles. The van der Waals surface area contributed by atoms with Crippen molar-refractivity contribution in [3.63, 3.8) is 0 Å². The van der Waals surface area contributed by atoms with Gasteiger partial charge in [0, 0.05) is 0 Å². The van der Waals surface area contributed by atoms with Gasteiger partial charge in [-0.1, -0.05) is 30.3 Å². The van der Waals surface area contributed by atoms with Crippen LogP contribution in [0.3, 0.4) is 0 Å². The van der Waals surface area contributed by atoms with Crippen LogP contribution in [-0.2, 0) is 11.4 Å². The van der Waals surface area contributed by atoms with Gasteiger partial charge in [-0.2, -0.15) is 0 Å². The molecule has 7 nitrogen and oxygen atoms in total. The largest absolute Gasteiger partial charge is 0.495 e. The number of hydrogen-bond donors (Lipinski definition) is 1. The first-order valence-electron chi connectivity index (χ1n) is 3.95. The van der Waals surface area contributed by atoms with E-state index in [1.54, 1.807) is 30.3 Å². The fraction of sp³-hybridized carbons (Fsp3) is 0.125. The number of carbonyl (C=O) groups is 1. The number of hydroxylamine groups is 1. The maximum atomic E-state index is 10.3. The highest BCUT2D eigenvalue weighted by molar-refractivity contribution is 5.61. The first kappa shape index (κ1) is 10.9. The van der Waals surface area contributed by atoms with Crippen LogP contribution >= 0.6 is 0 Å². The normalized spacial score (nSPS) is 9.60. The number of carboxylic acid groups (broad SMARTS) is 1. The zero-order chi connectivity index (χ0) is 11.3. The van der Waals surface area contributed by atoms with Gasteiger partial charge in [-0.15, -0.1) is 0 Å². The third-order valence-electron chi connectivity index (χ3n) is 1.51. The van der Waals surface area contributed by atoms with E-state index in [1.165, 1.54) is 0 Å².